The largest absolute Gasteiger partial charge is 0.458 e. The molecule has 0 amide bonds. The number of hydrogen-bond donors (Lipinski definition) is 1. The van der Waals surface area contributed by atoms with E-state index in [2.05, 4.69) is 13.8 Å². The van der Waals surface area contributed by atoms with E-state index in [-0.39, 0.29) is 17.3 Å². The van der Waals surface area contributed by atoms with E-state index in [1.165, 1.54) is 37.7 Å². The van der Waals surface area contributed by atoms with Crippen LogP contribution >= 0.6 is 0 Å². The molecule has 26 heavy (non-hydrogen) atoms. The molecule has 1 aromatic heterocycles. The molecule has 0 spiro atoms. The van der Waals surface area contributed by atoms with Gasteiger partial charge in [-0.3, -0.25) is 4.79 Å². The molecule has 0 saturated heterocycles. The second kappa shape index (κ2) is 5.47. The monoisotopic (exact) mass is 356 g/mol. The SMILES string of the molecule is CC(=O)c1cc2c(o1)C[C@@H]1CCC3C4CC[C@H](O)[C@@]4(C)CCC3[C@@]1(C)C2. The summed E-state index contributed by atoms with van der Waals surface area (Å²) in [6.45, 7) is 6.47. The van der Waals surface area contributed by atoms with Gasteiger partial charge in [0.1, 0.15) is 5.76 Å². The number of carbonyl (C=O) groups is 1. The number of furan rings is 1. The van der Waals surface area contributed by atoms with Gasteiger partial charge in [-0.1, -0.05) is 13.8 Å². The van der Waals surface area contributed by atoms with Crippen molar-refractivity contribution in [1.82, 2.24) is 0 Å². The van der Waals surface area contributed by atoms with Crippen molar-refractivity contribution >= 4 is 5.78 Å². The predicted molar refractivity (Wildman–Crippen MR) is 100 cm³/mol. The van der Waals surface area contributed by atoms with Crippen LogP contribution in [-0.4, -0.2) is 17.0 Å². The van der Waals surface area contributed by atoms with E-state index in [0.717, 1.165) is 36.9 Å². The van der Waals surface area contributed by atoms with Gasteiger partial charge in [-0.15, -0.1) is 0 Å². The van der Waals surface area contributed by atoms with Crippen molar-refractivity contribution in [2.24, 2.45) is 34.5 Å². The fraction of sp³-hybridized carbons (Fsp3) is 0.783. The average molecular weight is 357 g/mol. The summed E-state index contributed by atoms with van der Waals surface area (Å²) in [7, 11) is 0. The molecule has 5 rings (SSSR count). The first kappa shape index (κ1) is 17.0. The number of ketones is 1. The molecule has 4 aliphatic rings. The molecule has 1 N–H and O–H groups in total. The fourth-order valence-corrected chi connectivity index (χ4v) is 7.71. The van der Waals surface area contributed by atoms with Gasteiger partial charge in [0.05, 0.1) is 6.10 Å². The van der Waals surface area contributed by atoms with Gasteiger partial charge in [0.25, 0.3) is 0 Å². The van der Waals surface area contributed by atoms with Crippen LogP contribution in [0.25, 0.3) is 0 Å². The third-order valence-electron chi connectivity index (χ3n) is 9.26. The first-order valence-electron chi connectivity index (χ1n) is 10.6. The number of hydrogen-bond acceptors (Lipinski definition) is 3. The Morgan fingerprint density at radius 2 is 1.88 bits per heavy atom. The van der Waals surface area contributed by atoms with E-state index in [4.69, 9.17) is 4.42 Å². The minimum atomic E-state index is -0.0936. The maximum Gasteiger partial charge on any atom is 0.194 e. The van der Waals surface area contributed by atoms with E-state index >= 15 is 0 Å². The van der Waals surface area contributed by atoms with Crippen LogP contribution in [0, 0.1) is 34.5 Å². The average Bonchev–Trinajstić information content (AvgIpc) is 3.13. The minimum absolute atomic E-state index is 0.0405. The summed E-state index contributed by atoms with van der Waals surface area (Å²) < 4.78 is 5.91. The number of carbonyl (C=O) groups excluding carboxylic acids is 1. The topological polar surface area (TPSA) is 50.4 Å². The highest BCUT2D eigenvalue weighted by Gasteiger charge is 2.60. The van der Waals surface area contributed by atoms with Crippen LogP contribution in [0.4, 0.5) is 0 Å². The normalized spacial score (nSPS) is 46.8. The molecule has 1 heterocycles. The molecule has 1 aromatic rings. The van der Waals surface area contributed by atoms with Crippen molar-refractivity contribution in [2.45, 2.75) is 78.2 Å². The highest BCUT2D eigenvalue weighted by Crippen LogP contribution is 2.65. The van der Waals surface area contributed by atoms with Gasteiger partial charge in [-0.05, 0) is 91.1 Å². The Hall–Kier alpha value is -1.09. The van der Waals surface area contributed by atoms with E-state index < -0.39 is 0 Å². The standard InChI is InChI=1S/C23H32O3/c1-13(24)19-10-14-12-23(3)15(11-20(14)26-19)4-5-16-17-6-7-21(25)22(17,2)9-8-18(16)23/h10,15-18,21,25H,4-9,11-12H2,1-3H3/t15-,16?,17?,18?,21-,22-,23-/m0/s1. The third-order valence-corrected chi connectivity index (χ3v) is 9.26. The Kier molecular flexibility index (Phi) is 3.58. The van der Waals surface area contributed by atoms with Gasteiger partial charge in [0, 0.05) is 13.3 Å². The number of aliphatic hydroxyl groups excluding tert-OH is 1. The van der Waals surface area contributed by atoms with Gasteiger partial charge >= 0.3 is 0 Å². The third kappa shape index (κ3) is 2.13. The molecule has 0 aromatic carbocycles. The molecular formula is C23H32O3. The summed E-state index contributed by atoms with van der Waals surface area (Å²) in [5.41, 5.74) is 1.76. The molecule has 142 valence electrons. The van der Waals surface area contributed by atoms with Crippen LogP contribution in [0.15, 0.2) is 10.5 Å². The molecule has 7 atom stereocenters. The molecular weight excluding hydrogens is 324 g/mol. The van der Waals surface area contributed by atoms with Crippen molar-refractivity contribution in [3.8, 4) is 0 Å². The van der Waals surface area contributed by atoms with Crippen molar-refractivity contribution < 1.29 is 14.3 Å². The summed E-state index contributed by atoms with van der Waals surface area (Å²) in [4.78, 5) is 11.8. The van der Waals surface area contributed by atoms with Crippen LogP contribution in [-0.2, 0) is 12.8 Å². The summed E-state index contributed by atoms with van der Waals surface area (Å²) >= 11 is 0. The van der Waals surface area contributed by atoms with Crippen molar-refractivity contribution in [2.75, 3.05) is 0 Å². The molecule has 0 aliphatic heterocycles. The number of aliphatic hydroxyl groups is 1. The Labute approximate surface area is 156 Å². The molecule has 3 nitrogen and oxygen atoms in total. The van der Waals surface area contributed by atoms with Crippen LogP contribution in [0.1, 0.15) is 81.2 Å². The van der Waals surface area contributed by atoms with Gasteiger partial charge in [0.15, 0.2) is 11.5 Å². The van der Waals surface area contributed by atoms with Crippen LogP contribution in [0.5, 0.6) is 0 Å². The van der Waals surface area contributed by atoms with Crippen LogP contribution in [0.2, 0.25) is 0 Å². The zero-order valence-corrected chi connectivity index (χ0v) is 16.4. The summed E-state index contributed by atoms with van der Waals surface area (Å²) in [5, 5.41) is 10.6. The van der Waals surface area contributed by atoms with Gasteiger partial charge in [-0.25, -0.2) is 0 Å². The Morgan fingerprint density at radius 1 is 1.12 bits per heavy atom. The van der Waals surface area contributed by atoms with E-state index in [1.807, 2.05) is 6.07 Å². The summed E-state index contributed by atoms with van der Waals surface area (Å²) in [6, 6.07) is 2.02. The number of Topliss-reactive ketones (excluding diaryl/α,β-unsaturated/α-hetero) is 1. The van der Waals surface area contributed by atoms with Crippen LogP contribution in [0.3, 0.4) is 0 Å². The zero-order valence-electron chi connectivity index (χ0n) is 16.4. The fourth-order valence-electron chi connectivity index (χ4n) is 7.71. The van der Waals surface area contributed by atoms with Crippen molar-refractivity contribution in [1.29, 1.82) is 0 Å². The summed E-state index contributed by atoms with van der Waals surface area (Å²) in [6.07, 6.45) is 9.22. The lowest BCUT2D eigenvalue weighted by Gasteiger charge is -2.59. The molecule has 0 bridgehead atoms. The van der Waals surface area contributed by atoms with Gasteiger partial charge < -0.3 is 9.52 Å². The quantitative estimate of drug-likeness (QED) is 0.735. The lowest BCUT2D eigenvalue weighted by atomic mass is 9.45. The highest BCUT2D eigenvalue weighted by molar-refractivity contribution is 5.91. The van der Waals surface area contributed by atoms with Crippen molar-refractivity contribution in [3.05, 3.63) is 23.2 Å². The molecule has 3 unspecified atom stereocenters. The van der Waals surface area contributed by atoms with Crippen LogP contribution < -0.4 is 0 Å². The Bertz CT molecular complexity index is 749. The molecule has 3 fully saturated rings. The highest BCUT2D eigenvalue weighted by atomic mass is 16.3. The van der Waals surface area contributed by atoms with Gasteiger partial charge in [0.2, 0.25) is 0 Å². The Morgan fingerprint density at radius 3 is 2.65 bits per heavy atom. The smallest absolute Gasteiger partial charge is 0.194 e. The predicted octanol–water partition coefficient (Wildman–Crippen LogP) is 4.80. The molecule has 4 aliphatic carbocycles. The minimum Gasteiger partial charge on any atom is -0.458 e. The Balaban J connectivity index is 1.48. The van der Waals surface area contributed by atoms with E-state index in [1.54, 1.807) is 6.92 Å². The molecule has 3 saturated carbocycles. The van der Waals surface area contributed by atoms with E-state index in [9.17, 15) is 9.90 Å². The first-order chi connectivity index (χ1) is 12.3. The lowest BCUT2D eigenvalue weighted by molar-refractivity contribution is -0.112. The second-order valence-electron chi connectivity index (χ2n) is 10.3. The zero-order chi connectivity index (χ0) is 18.3. The maximum absolute atomic E-state index is 11.8. The molecule has 3 heteroatoms. The van der Waals surface area contributed by atoms with Crippen molar-refractivity contribution in [3.63, 3.8) is 0 Å². The maximum atomic E-state index is 11.8. The van der Waals surface area contributed by atoms with Gasteiger partial charge in [-0.2, -0.15) is 0 Å². The first-order valence-corrected chi connectivity index (χ1v) is 10.6. The summed E-state index contributed by atoms with van der Waals surface area (Å²) in [5.74, 6) is 4.57. The number of rotatable bonds is 1. The van der Waals surface area contributed by atoms with E-state index in [0.29, 0.717) is 23.0 Å². The second-order valence-corrected chi connectivity index (χ2v) is 10.3. The lowest BCUT2D eigenvalue weighted by Crippen LogP contribution is -2.54. The number of fused-ring (bicyclic) bond motifs is 6. The molecule has 0 radical (unpaired) electrons.